The summed E-state index contributed by atoms with van der Waals surface area (Å²) in [6.45, 7) is 2.05. The van der Waals surface area contributed by atoms with Crippen molar-refractivity contribution in [2.24, 2.45) is 0 Å². The van der Waals surface area contributed by atoms with Crippen LogP contribution in [0.2, 0.25) is 0 Å². The first-order chi connectivity index (χ1) is 50.7. The summed E-state index contributed by atoms with van der Waals surface area (Å²) in [4.78, 5) is 0. The van der Waals surface area contributed by atoms with Crippen LogP contribution >= 0.6 is 0 Å². The van der Waals surface area contributed by atoms with Gasteiger partial charge in [0.25, 0.3) is 0 Å². The molecule has 496 valence electrons. The molecule has 13 heteroatoms. The van der Waals surface area contributed by atoms with Gasteiger partial charge in [-0.3, -0.25) is 0 Å². The van der Waals surface area contributed by atoms with E-state index < -0.39 is 21.4 Å². The molecule has 6 heterocycles. The maximum atomic E-state index is 12.7. The van der Waals surface area contributed by atoms with Crippen LogP contribution in [0.5, 0.6) is 5.75 Å². The van der Waals surface area contributed by atoms with Gasteiger partial charge in [-0.25, -0.2) is 0 Å². The highest BCUT2D eigenvalue weighted by Gasteiger charge is 2.48. The fourth-order valence-corrected chi connectivity index (χ4v) is 16.6. The number of nitrogens with zero attached hydrogens (tertiary/aromatic N) is 2. The summed E-state index contributed by atoms with van der Waals surface area (Å²) < 4.78 is 95.4. The summed E-state index contributed by atoms with van der Waals surface area (Å²) in [6, 6.07) is 100. The molecule has 0 fully saturated rings. The lowest BCUT2D eigenvalue weighted by atomic mass is 10.0. The van der Waals surface area contributed by atoms with E-state index in [0.29, 0.717) is 27.5 Å². The van der Waals surface area contributed by atoms with Crippen LogP contribution in [-0.4, -0.2) is 23.1 Å². The lowest BCUT2D eigenvalue weighted by Gasteiger charge is -2.10. The van der Waals surface area contributed by atoms with Crippen LogP contribution in [0.1, 0.15) is 16.7 Å². The molecule has 0 saturated heterocycles. The number of para-hydroxylation sites is 4. The lowest BCUT2D eigenvalue weighted by molar-refractivity contribution is -0.0500. The molecule has 16 aromatic carbocycles. The minimum atomic E-state index is -5.77. The SMILES string of the molecule is Cc1ccc2cc3c(cc2c1)oc1cc2c(cc13)oc1cc3cc(OS(=O)(=O)C(F)(F)F)ccc3cc12.c1ccc2c(c1)Cc1ccccc1-2.c1ccc2c(c1)c1ccccc1n2-c1ccc2cc3c(cc2c1)oc1cc2c(cc13)oc1cc3cc(-n4c5ccccc5c5ccccc54)ccc3cc12. The summed E-state index contributed by atoms with van der Waals surface area (Å²) in [5.41, 5.74) is 14.6. The largest absolute Gasteiger partial charge is 0.534 e. The van der Waals surface area contributed by atoms with Gasteiger partial charge in [0.2, 0.25) is 0 Å². The Morgan fingerprint density at radius 1 is 0.308 bits per heavy atom. The van der Waals surface area contributed by atoms with E-state index in [9.17, 15) is 21.6 Å². The molecule has 0 N–H and O–H groups in total. The highest BCUT2D eigenvalue weighted by atomic mass is 32.2. The average molecular weight is 1380 g/mol. The van der Waals surface area contributed by atoms with Crippen molar-refractivity contribution in [3.63, 3.8) is 0 Å². The van der Waals surface area contributed by atoms with Crippen molar-refractivity contribution in [1.82, 2.24) is 9.13 Å². The van der Waals surface area contributed by atoms with E-state index in [4.69, 9.17) is 17.7 Å². The first-order valence-corrected chi connectivity index (χ1v) is 35.7. The molecule has 0 unspecified atom stereocenters. The van der Waals surface area contributed by atoms with E-state index in [1.54, 1.807) is 6.07 Å². The molecule has 0 amide bonds. The molecule has 1 aliphatic rings. The molecule has 0 saturated carbocycles. The van der Waals surface area contributed by atoms with Crippen molar-refractivity contribution in [2.75, 3.05) is 0 Å². The van der Waals surface area contributed by atoms with Crippen molar-refractivity contribution < 1.29 is 43.4 Å². The number of aryl methyl sites for hydroxylation is 1. The molecular weight excluding hydrogens is 1320 g/mol. The van der Waals surface area contributed by atoms with Crippen LogP contribution in [-0.2, 0) is 16.5 Å². The van der Waals surface area contributed by atoms with Gasteiger partial charge in [-0.1, -0.05) is 163 Å². The van der Waals surface area contributed by atoms with Gasteiger partial charge in [-0.15, -0.1) is 0 Å². The molecule has 23 rings (SSSR count). The smallest absolute Gasteiger partial charge is 0.456 e. The van der Waals surface area contributed by atoms with Gasteiger partial charge in [-0.2, -0.15) is 21.6 Å². The first kappa shape index (κ1) is 59.7. The third kappa shape index (κ3) is 9.36. The second kappa shape index (κ2) is 22.2. The van der Waals surface area contributed by atoms with Gasteiger partial charge in [-0.05, 0) is 212 Å². The number of halogens is 3. The minimum absolute atomic E-state index is 0.438. The van der Waals surface area contributed by atoms with Crippen LogP contribution in [0, 0.1) is 6.92 Å². The Balaban J connectivity index is 0.000000120. The zero-order chi connectivity index (χ0) is 69.4. The molecule has 0 atom stereocenters. The van der Waals surface area contributed by atoms with Gasteiger partial charge in [0.1, 0.15) is 50.4 Å². The van der Waals surface area contributed by atoms with Crippen LogP contribution in [0.25, 0.3) is 197 Å². The molecule has 9 nitrogen and oxygen atoms in total. The summed E-state index contributed by atoms with van der Waals surface area (Å²) in [5.74, 6) is -0.438. The Labute approximate surface area is 588 Å². The molecule has 22 aromatic rings. The van der Waals surface area contributed by atoms with Gasteiger partial charge in [0, 0.05) is 76.0 Å². The van der Waals surface area contributed by atoms with Gasteiger partial charge in [0.15, 0.2) is 0 Å². The Morgan fingerprint density at radius 3 is 1.00 bits per heavy atom. The Bertz CT molecular complexity index is 7200. The van der Waals surface area contributed by atoms with Crippen molar-refractivity contribution in [2.45, 2.75) is 18.9 Å². The van der Waals surface area contributed by atoms with E-state index in [1.165, 1.54) is 100 Å². The molecule has 1 aliphatic carbocycles. The number of fused-ring (bicyclic) bond motifs is 25. The second-order valence-corrected chi connectivity index (χ2v) is 28.7. The highest BCUT2D eigenvalue weighted by molar-refractivity contribution is 7.88. The van der Waals surface area contributed by atoms with E-state index in [2.05, 4.69) is 256 Å². The standard InChI is InChI=1S/C50H28N2O2.C28H15F3O5S.C13H10/c1-5-13-43-35(9-1)36-10-2-6-14-44(36)51(43)33-19-17-29-23-39-41-27-50-42(28-49(41)53-47(39)25-31(29)21-33)40-24-30-18-20-34(22-32(30)26-48(40)54-50)52-45-15-7-3-11-37(45)38-12-4-8-16-46(38)52;1-14-2-3-15-8-20-22-12-27-23(13-26(22)34-24(20)10-17(15)6-14)21-9-16-4-5-19(7-18(16)11-25(21)35-27)36-37(32,33)28(29,30)31;1-3-7-12-10(5-1)9-11-6-2-4-8-13(11)12/h1-28H;2-13H,1H3;1-8H,9H2. The maximum Gasteiger partial charge on any atom is 0.534 e. The normalized spacial score (nSPS) is 12.7. The molecule has 0 spiro atoms. The lowest BCUT2D eigenvalue weighted by Crippen LogP contribution is -2.28. The van der Waals surface area contributed by atoms with Crippen LogP contribution < -0.4 is 4.18 Å². The third-order valence-electron chi connectivity index (χ3n) is 20.9. The van der Waals surface area contributed by atoms with Crippen molar-refractivity contribution in [3.8, 4) is 28.3 Å². The first-order valence-electron chi connectivity index (χ1n) is 34.3. The molecule has 104 heavy (non-hydrogen) atoms. The number of furan rings is 4. The average Bonchev–Trinajstić information content (AvgIpc) is 1.58. The van der Waals surface area contributed by atoms with E-state index in [-0.39, 0.29) is 0 Å². The van der Waals surface area contributed by atoms with Crippen LogP contribution in [0.3, 0.4) is 0 Å². The highest BCUT2D eigenvalue weighted by Crippen LogP contribution is 2.45. The Morgan fingerprint density at radius 2 is 0.615 bits per heavy atom. The monoisotopic (exact) mass is 1370 g/mol. The van der Waals surface area contributed by atoms with Crippen LogP contribution in [0.15, 0.2) is 309 Å². The third-order valence-corrected chi connectivity index (χ3v) is 21.9. The van der Waals surface area contributed by atoms with Gasteiger partial charge < -0.3 is 31.0 Å². The summed E-state index contributed by atoms with van der Waals surface area (Å²) in [7, 11) is -5.77. The van der Waals surface area contributed by atoms with Gasteiger partial charge in [0.05, 0.1) is 22.1 Å². The van der Waals surface area contributed by atoms with Crippen molar-refractivity contribution in [1.29, 1.82) is 0 Å². The maximum absolute atomic E-state index is 12.7. The number of hydrogen-bond acceptors (Lipinski definition) is 7. The zero-order valence-electron chi connectivity index (χ0n) is 55.2. The number of benzene rings is 16. The van der Waals surface area contributed by atoms with Crippen molar-refractivity contribution >= 4 is 185 Å². The van der Waals surface area contributed by atoms with E-state index in [0.717, 1.165) is 110 Å². The fraction of sp³-hybridized carbons (Fsp3) is 0.0330. The summed E-state index contributed by atoms with van der Waals surface area (Å²) in [6.07, 6.45) is 1.10. The van der Waals surface area contributed by atoms with Crippen LogP contribution in [0.4, 0.5) is 13.2 Å². The Kier molecular flexibility index (Phi) is 12.8. The molecule has 6 aromatic heterocycles. The zero-order valence-corrected chi connectivity index (χ0v) is 56.0. The topological polar surface area (TPSA) is 106 Å². The van der Waals surface area contributed by atoms with E-state index >= 15 is 0 Å². The molecular formula is C91H53F3N2O7S. The quantitative estimate of drug-likeness (QED) is 0.128. The summed E-state index contributed by atoms with van der Waals surface area (Å²) in [5, 5.41) is 20.8. The number of aromatic nitrogens is 2. The van der Waals surface area contributed by atoms with Crippen molar-refractivity contribution in [3.05, 3.63) is 308 Å². The number of alkyl halides is 3. The number of hydrogen-bond donors (Lipinski definition) is 0. The minimum Gasteiger partial charge on any atom is -0.456 e. The summed E-state index contributed by atoms with van der Waals surface area (Å²) >= 11 is 0. The fourth-order valence-electron chi connectivity index (χ4n) is 16.1. The predicted molar refractivity (Wildman–Crippen MR) is 416 cm³/mol. The molecule has 0 radical (unpaired) electrons. The van der Waals surface area contributed by atoms with E-state index in [1.807, 2.05) is 31.2 Å². The second-order valence-electron chi connectivity index (χ2n) is 27.1. The Hall–Kier alpha value is -13.1. The number of rotatable bonds is 4. The predicted octanol–water partition coefficient (Wildman–Crippen LogP) is 25.6. The molecule has 0 aliphatic heterocycles. The molecule has 0 bridgehead atoms. The van der Waals surface area contributed by atoms with Gasteiger partial charge >= 0.3 is 15.6 Å².